The van der Waals surface area contributed by atoms with Crippen LogP contribution in [0.25, 0.3) is 10.2 Å². The molecular formula is C19H29N3OS. The molecule has 0 bridgehead atoms. The summed E-state index contributed by atoms with van der Waals surface area (Å²) < 4.78 is 1.96. The summed E-state index contributed by atoms with van der Waals surface area (Å²) in [5.74, 6) is 0.924. The van der Waals surface area contributed by atoms with Crippen molar-refractivity contribution in [3.8, 4) is 0 Å². The van der Waals surface area contributed by atoms with Crippen molar-refractivity contribution in [3.05, 3.63) is 26.6 Å². The van der Waals surface area contributed by atoms with Gasteiger partial charge >= 0.3 is 0 Å². The molecule has 2 aromatic rings. The van der Waals surface area contributed by atoms with E-state index in [1.165, 1.54) is 42.5 Å². The maximum atomic E-state index is 13.2. The molecule has 0 aromatic carbocycles. The number of unbranched alkanes of at least 4 members (excludes halogenated alkanes) is 3. The van der Waals surface area contributed by atoms with Gasteiger partial charge in [-0.2, -0.15) is 0 Å². The molecule has 5 heteroatoms. The number of aromatic nitrogens is 2. The van der Waals surface area contributed by atoms with Gasteiger partial charge in [-0.3, -0.25) is 9.36 Å². The fourth-order valence-electron chi connectivity index (χ4n) is 3.61. The van der Waals surface area contributed by atoms with Crippen LogP contribution < -0.4 is 5.56 Å². The van der Waals surface area contributed by atoms with E-state index < -0.39 is 0 Å². The van der Waals surface area contributed by atoms with Crippen LogP contribution in [0, 0.1) is 0 Å². The van der Waals surface area contributed by atoms with E-state index in [0.717, 1.165) is 48.4 Å². The normalized spacial score (nSPS) is 14.5. The summed E-state index contributed by atoms with van der Waals surface area (Å²) in [6.07, 6.45) is 9.32. The average molecular weight is 348 g/mol. The lowest BCUT2D eigenvalue weighted by molar-refractivity contribution is 0.374. The first-order valence-electron chi connectivity index (χ1n) is 9.30. The van der Waals surface area contributed by atoms with Crippen LogP contribution in [0.4, 0.5) is 0 Å². The van der Waals surface area contributed by atoms with E-state index in [4.69, 9.17) is 4.98 Å². The molecule has 0 saturated heterocycles. The van der Waals surface area contributed by atoms with Crippen molar-refractivity contribution in [2.24, 2.45) is 0 Å². The molecule has 0 N–H and O–H groups in total. The van der Waals surface area contributed by atoms with Gasteiger partial charge in [-0.05, 0) is 51.8 Å². The number of rotatable bonds is 7. The van der Waals surface area contributed by atoms with Crippen molar-refractivity contribution < 1.29 is 0 Å². The Balaban J connectivity index is 2.04. The number of nitrogens with zero attached hydrogens (tertiary/aromatic N) is 3. The second-order valence-electron chi connectivity index (χ2n) is 7.17. The molecule has 0 fully saturated rings. The predicted molar refractivity (Wildman–Crippen MR) is 102 cm³/mol. The highest BCUT2D eigenvalue weighted by atomic mass is 32.1. The Morgan fingerprint density at radius 1 is 1.17 bits per heavy atom. The van der Waals surface area contributed by atoms with Gasteiger partial charge in [0.25, 0.3) is 5.56 Å². The zero-order valence-corrected chi connectivity index (χ0v) is 16.0. The molecule has 0 saturated carbocycles. The predicted octanol–water partition coefficient (Wildman–Crippen LogP) is 3.98. The van der Waals surface area contributed by atoms with Crippen LogP contribution in [0.5, 0.6) is 0 Å². The van der Waals surface area contributed by atoms with Crippen molar-refractivity contribution in [2.75, 3.05) is 14.1 Å². The van der Waals surface area contributed by atoms with Gasteiger partial charge < -0.3 is 4.90 Å². The van der Waals surface area contributed by atoms with Crippen molar-refractivity contribution in [1.29, 1.82) is 0 Å². The summed E-state index contributed by atoms with van der Waals surface area (Å²) in [5.41, 5.74) is 1.50. The molecule has 0 aliphatic heterocycles. The molecule has 1 aliphatic carbocycles. The molecule has 2 aromatic heterocycles. The minimum atomic E-state index is 0.202. The lowest BCUT2D eigenvalue weighted by Crippen LogP contribution is -2.28. The Morgan fingerprint density at radius 3 is 2.71 bits per heavy atom. The molecule has 24 heavy (non-hydrogen) atoms. The standard InChI is InChI=1S/C19H29N3OS/c1-4-5-6-9-12-22-16(13-21(2)3)20-18-17(19(22)23)14-10-7-8-11-15(14)24-18/h4-13H2,1-3H3. The smallest absolute Gasteiger partial charge is 0.262 e. The van der Waals surface area contributed by atoms with E-state index in [9.17, 15) is 4.79 Å². The Bertz CT molecular complexity index is 760. The van der Waals surface area contributed by atoms with Crippen molar-refractivity contribution in [1.82, 2.24) is 14.5 Å². The van der Waals surface area contributed by atoms with Crippen LogP contribution in [0.2, 0.25) is 0 Å². The lowest BCUT2D eigenvalue weighted by Gasteiger charge is -2.16. The second-order valence-corrected chi connectivity index (χ2v) is 8.26. The minimum Gasteiger partial charge on any atom is -0.302 e. The summed E-state index contributed by atoms with van der Waals surface area (Å²) in [6.45, 7) is 3.74. The van der Waals surface area contributed by atoms with Crippen LogP contribution in [0.3, 0.4) is 0 Å². The summed E-state index contributed by atoms with van der Waals surface area (Å²) in [6, 6.07) is 0. The molecule has 2 heterocycles. The van der Waals surface area contributed by atoms with Crippen LogP contribution in [-0.4, -0.2) is 28.5 Å². The van der Waals surface area contributed by atoms with Crippen LogP contribution >= 0.6 is 11.3 Å². The molecule has 0 spiro atoms. The number of thiophene rings is 1. The number of fused-ring (bicyclic) bond motifs is 3. The first-order chi connectivity index (χ1) is 11.6. The molecule has 0 atom stereocenters. The summed E-state index contributed by atoms with van der Waals surface area (Å²) in [5, 5.41) is 0.924. The maximum Gasteiger partial charge on any atom is 0.262 e. The fourth-order valence-corrected chi connectivity index (χ4v) is 4.88. The molecule has 1 aliphatic rings. The summed E-state index contributed by atoms with van der Waals surface area (Å²) >= 11 is 1.75. The molecule has 3 rings (SSSR count). The van der Waals surface area contributed by atoms with E-state index in [0.29, 0.717) is 0 Å². The summed E-state index contributed by atoms with van der Waals surface area (Å²) in [7, 11) is 4.08. The Hall–Kier alpha value is -1.20. The zero-order valence-electron chi connectivity index (χ0n) is 15.2. The second kappa shape index (κ2) is 7.79. The summed E-state index contributed by atoms with van der Waals surface area (Å²) in [4.78, 5) is 22.6. The Labute approximate surface area is 148 Å². The van der Waals surface area contributed by atoms with Gasteiger partial charge in [-0.25, -0.2) is 4.98 Å². The van der Waals surface area contributed by atoms with Crippen molar-refractivity contribution in [3.63, 3.8) is 0 Å². The molecule has 0 amide bonds. The van der Waals surface area contributed by atoms with Crippen molar-refractivity contribution in [2.45, 2.75) is 71.4 Å². The monoisotopic (exact) mass is 347 g/mol. The maximum absolute atomic E-state index is 13.2. The van der Waals surface area contributed by atoms with Gasteiger partial charge in [-0.1, -0.05) is 26.2 Å². The quantitative estimate of drug-likeness (QED) is 0.711. The Kier molecular flexibility index (Phi) is 5.72. The number of hydrogen-bond acceptors (Lipinski definition) is 4. The minimum absolute atomic E-state index is 0.202. The van der Waals surface area contributed by atoms with Gasteiger partial charge in [0.2, 0.25) is 0 Å². The fraction of sp³-hybridized carbons (Fsp3) is 0.684. The zero-order chi connectivity index (χ0) is 17.1. The first kappa shape index (κ1) is 17.6. The van der Waals surface area contributed by atoms with Gasteiger partial charge in [0.05, 0.1) is 11.9 Å². The number of aryl methyl sites for hydroxylation is 2. The molecule has 132 valence electrons. The highest BCUT2D eigenvalue weighted by Crippen LogP contribution is 2.33. The molecular weight excluding hydrogens is 318 g/mol. The van der Waals surface area contributed by atoms with Gasteiger partial charge in [0.1, 0.15) is 10.7 Å². The van der Waals surface area contributed by atoms with Crippen molar-refractivity contribution >= 4 is 21.6 Å². The number of hydrogen-bond donors (Lipinski definition) is 0. The van der Waals surface area contributed by atoms with Gasteiger partial charge in [-0.15, -0.1) is 11.3 Å². The van der Waals surface area contributed by atoms with E-state index in [2.05, 4.69) is 11.8 Å². The van der Waals surface area contributed by atoms with Crippen LogP contribution in [0.1, 0.15) is 61.7 Å². The van der Waals surface area contributed by atoms with Crippen LogP contribution in [0.15, 0.2) is 4.79 Å². The van der Waals surface area contributed by atoms with Gasteiger partial charge in [0, 0.05) is 11.4 Å². The molecule has 4 nitrogen and oxygen atoms in total. The Morgan fingerprint density at radius 2 is 1.96 bits per heavy atom. The first-order valence-corrected chi connectivity index (χ1v) is 10.1. The topological polar surface area (TPSA) is 38.1 Å². The SMILES string of the molecule is CCCCCCn1c(CN(C)C)nc2sc3c(c2c1=O)CCCC3. The van der Waals surface area contributed by atoms with E-state index in [1.807, 2.05) is 18.7 Å². The molecule has 0 radical (unpaired) electrons. The van der Waals surface area contributed by atoms with Crippen LogP contribution in [-0.2, 0) is 25.9 Å². The molecule has 0 unspecified atom stereocenters. The third-order valence-corrected chi connectivity index (χ3v) is 6.03. The average Bonchev–Trinajstić information content (AvgIpc) is 2.91. The van der Waals surface area contributed by atoms with E-state index >= 15 is 0 Å². The van der Waals surface area contributed by atoms with E-state index in [-0.39, 0.29) is 5.56 Å². The lowest BCUT2D eigenvalue weighted by atomic mass is 9.97. The van der Waals surface area contributed by atoms with Gasteiger partial charge in [0.15, 0.2) is 0 Å². The third-order valence-electron chi connectivity index (χ3n) is 4.85. The largest absolute Gasteiger partial charge is 0.302 e. The highest BCUT2D eigenvalue weighted by molar-refractivity contribution is 7.18. The highest BCUT2D eigenvalue weighted by Gasteiger charge is 2.22. The van der Waals surface area contributed by atoms with E-state index in [1.54, 1.807) is 11.3 Å². The third kappa shape index (κ3) is 3.57.